The third-order valence-electron chi connectivity index (χ3n) is 7.51. The maximum Gasteiger partial charge on any atom is 0.128 e. The molecule has 0 N–H and O–H groups in total. The van der Waals surface area contributed by atoms with E-state index in [9.17, 15) is 14.3 Å². The van der Waals surface area contributed by atoms with Gasteiger partial charge in [-0.2, -0.15) is 5.10 Å². The number of carboxylic acids is 1. The number of benzene rings is 2. The van der Waals surface area contributed by atoms with Gasteiger partial charge in [0, 0.05) is 36.7 Å². The number of hydrogen-bond acceptors (Lipinski definition) is 7. The molecule has 39 heavy (non-hydrogen) atoms. The first kappa shape index (κ1) is 26.3. The lowest BCUT2D eigenvalue weighted by atomic mass is 10.1. The molecule has 0 unspecified atom stereocenters. The normalized spacial score (nSPS) is 18.5. The van der Waals surface area contributed by atoms with Crippen LogP contribution in [0.5, 0.6) is 0 Å². The number of fused-ring (bicyclic) bond motifs is 1. The van der Waals surface area contributed by atoms with Crippen molar-refractivity contribution in [2.45, 2.75) is 55.3 Å². The quantitative estimate of drug-likeness (QED) is 0.278. The van der Waals surface area contributed by atoms with Crippen molar-refractivity contribution in [3.63, 3.8) is 0 Å². The summed E-state index contributed by atoms with van der Waals surface area (Å²) in [6.45, 7) is 3.90. The van der Waals surface area contributed by atoms with E-state index in [1.54, 1.807) is 30.3 Å². The largest absolute Gasteiger partial charge is 0.545 e. The number of aromatic carboxylic acids is 1. The predicted molar refractivity (Wildman–Crippen MR) is 145 cm³/mol. The molecule has 2 saturated heterocycles. The van der Waals surface area contributed by atoms with Crippen LogP contribution in [0.25, 0.3) is 11.0 Å². The molecule has 1 atom stereocenters. The summed E-state index contributed by atoms with van der Waals surface area (Å²) in [6.07, 6.45) is 5.04. The fourth-order valence-corrected chi connectivity index (χ4v) is 6.19. The van der Waals surface area contributed by atoms with Gasteiger partial charge in [-0.25, -0.2) is 9.37 Å². The van der Waals surface area contributed by atoms with Gasteiger partial charge in [0.1, 0.15) is 16.7 Å². The zero-order valence-corrected chi connectivity index (χ0v) is 22.8. The van der Waals surface area contributed by atoms with Gasteiger partial charge in [-0.3, -0.25) is 9.58 Å². The molecule has 0 aliphatic carbocycles. The van der Waals surface area contributed by atoms with E-state index in [1.807, 2.05) is 16.9 Å². The Hall–Kier alpha value is -2.92. The Balaban J connectivity index is 1.09. The van der Waals surface area contributed by atoms with E-state index in [-0.39, 0.29) is 17.5 Å². The van der Waals surface area contributed by atoms with E-state index in [2.05, 4.69) is 9.47 Å². The third kappa shape index (κ3) is 5.84. The summed E-state index contributed by atoms with van der Waals surface area (Å²) in [4.78, 5) is 18.7. The maximum atomic E-state index is 14.1. The number of halogens is 2. The van der Waals surface area contributed by atoms with Gasteiger partial charge in [0.15, 0.2) is 0 Å². The van der Waals surface area contributed by atoms with Crippen molar-refractivity contribution in [2.24, 2.45) is 0 Å². The van der Waals surface area contributed by atoms with Gasteiger partial charge >= 0.3 is 0 Å². The second-order valence-electron chi connectivity index (χ2n) is 10.1. The van der Waals surface area contributed by atoms with E-state index in [1.165, 1.54) is 17.8 Å². The number of carbonyl (C=O) groups excluding carboxylic acids is 1. The van der Waals surface area contributed by atoms with Crippen LogP contribution >= 0.6 is 23.4 Å². The van der Waals surface area contributed by atoms with Crippen molar-refractivity contribution in [3.8, 4) is 0 Å². The van der Waals surface area contributed by atoms with E-state index in [4.69, 9.17) is 26.4 Å². The topological polar surface area (TPSA) is 88.2 Å². The van der Waals surface area contributed by atoms with Gasteiger partial charge in [-0.1, -0.05) is 35.5 Å². The molecule has 2 aliphatic rings. The number of hydrogen-bond donors (Lipinski definition) is 0. The van der Waals surface area contributed by atoms with Gasteiger partial charge in [0.25, 0.3) is 0 Å². The Labute approximate surface area is 234 Å². The first-order valence-electron chi connectivity index (χ1n) is 13.1. The lowest BCUT2D eigenvalue weighted by Gasteiger charge is -2.32. The molecule has 0 spiro atoms. The summed E-state index contributed by atoms with van der Waals surface area (Å²) in [7, 11) is 0. The van der Waals surface area contributed by atoms with E-state index >= 15 is 0 Å². The number of carboxylic acid groups (broad SMARTS) is 1. The molecule has 0 saturated carbocycles. The average Bonchev–Trinajstić information content (AvgIpc) is 3.50. The minimum Gasteiger partial charge on any atom is -0.545 e. The van der Waals surface area contributed by atoms with Crippen LogP contribution in [-0.4, -0.2) is 56.0 Å². The molecule has 4 heterocycles. The van der Waals surface area contributed by atoms with Crippen LogP contribution in [0.2, 0.25) is 5.02 Å². The van der Waals surface area contributed by atoms with Crippen LogP contribution in [0.15, 0.2) is 53.7 Å². The molecular formula is C28H28ClFN5O3S-. The Bertz CT molecular complexity index is 1500. The molecule has 0 amide bonds. The highest BCUT2D eigenvalue weighted by Crippen LogP contribution is 2.29. The van der Waals surface area contributed by atoms with Gasteiger partial charge < -0.3 is 19.2 Å². The van der Waals surface area contributed by atoms with Gasteiger partial charge in [0.2, 0.25) is 0 Å². The van der Waals surface area contributed by atoms with Gasteiger partial charge in [-0.05, 0) is 60.7 Å². The van der Waals surface area contributed by atoms with Crippen LogP contribution < -0.4 is 5.11 Å². The maximum absolute atomic E-state index is 14.1. The van der Waals surface area contributed by atoms with Crippen LogP contribution in [0.3, 0.4) is 0 Å². The fourth-order valence-electron chi connectivity index (χ4n) is 5.19. The predicted octanol–water partition coefficient (Wildman–Crippen LogP) is 4.31. The first-order valence-corrected chi connectivity index (χ1v) is 14.5. The van der Waals surface area contributed by atoms with Crippen molar-refractivity contribution in [3.05, 3.63) is 76.5 Å². The van der Waals surface area contributed by atoms with Crippen LogP contribution in [0.1, 0.15) is 47.1 Å². The minimum atomic E-state index is -1.19. The second-order valence-corrected chi connectivity index (χ2v) is 11.5. The van der Waals surface area contributed by atoms with E-state index in [0.717, 1.165) is 60.8 Å². The number of carbonyl (C=O) groups is 1. The Morgan fingerprint density at radius 3 is 2.69 bits per heavy atom. The average molecular weight is 569 g/mol. The van der Waals surface area contributed by atoms with Crippen LogP contribution in [0, 0.1) is 5.82 Å². The molecule has 204 valence electrons. The zero-order valence-electron chi connectivity index (χ0n) is 21.3. The van der Waals surface area contributed by atoms with Crippen molar-refractivity contribution >= 4 is 40.4 Å². The lowest BCUT2D eigenvalue weighted by Crippen LogP contribution is -2.36. The van der Waals surface area contributed by atoms with E-state index in [0.29, 0.717) is 35.5 Å². The van der Waals surface area contributed by atoms with Crippen molar-refractivity contribution in [1.29, 1.82) is 0 Å². The first-order chi connectivity index (χ1) is 18.9. The van der Waals surface area contributed by atoms with Gasteiger partial charge in [-0.15, -0.1) is 0 Å². The molecular weight excluding hydrogens is 541 g/mol. The highest BCUT2D eigenvalue weighted by atomic mass is 35.5. The molecule has 0 bridgehead atoms. The second kappa shape index (κ2) is 11.3. The van der Waals surface area contributed by atoms with Gasteiger partial charge in [0.05, 0.1) is 42.2 Å². The summed E-state index contributed by atoms with van der Waals surface area (Å²) in [5.74, 6) is -0.0717. The summed E-state index contributed by atoms with van der Waals surface area (Å²) in [5, 5.41) is 17.5. The molecule has 2 aromatic carbocycles. The highest BCUT2D eigenvalue weighted by molar-refractivity contribution is 7.98. The smallest absolute Gasteiger partial charge is 0.128 e. The number of nitrogens with zero attached hydrogens (tertiary/aromatic N) is 5. The number of rotatable bonds is 9. The van der Waals surface area contributed by atoms with Crippen molar-refractivity contribution in [2.75, 3.05) is 19.7 Å². The zero-order chi connectivity index (χ0) is 26.9. The SMILES string of the molecule is O=C([O-])c1ccc2nc(CN3CCC(n4ccc(SCc5ccc(Cl)cc5F)n4)CC3)n(C[C@@H]3CCO3)c2c1. The number of thioether (sulfide) groups is 1. The Morgan fingerprint density at radius 1 is 1.15 bits per heavy atom. The molecule has 4 aromatic rings. The summed E-state index contributed by atoms with van der Waals surface area (Å²) in [6, 6.07) is 12.0. The number of aromatic nitrogens is 4. The van der Waals surface area contributed by atoms with Crippen molar-refractivity contribution < 1.29 is 19.0 Å². The Morgan fingerprint density at radius 2 is 1.97 bits per heavy atom. The molecule has 0 radical (unpaired) electrons. The fraction of sp³-hybridized carbons (Fsp3) is 0.393. The monoisotopic (exact) mass is 568 g/mol. The standard InChI is InChI=1S/C28H29ClFN5O3S/c29-20-3-1-19(23(30)14-20)17-39-27-7-11-35(32-27)21-5-9-33(10-6-21)16-26-31-24-4-2-18(28(36)37)13-25(24)34(26)15-22-8-12-38-22/h1-4,7,11,13-14,21-22H,5-6,8-10,12,15-17H2,(H,36,37)/p-1/t22-/m0/s1. The third-order valence-corrected chi connectivity index (χ3v) is 8.72. The summed E-state index contributed by atoms with van der Waals surface area (Å²) in [5.41, 5.74) is 2.35. The number of likely N-dealkylation sites (tertiary alicyclic amines) is 1. The lowest BCUT2D eigenvalue weighted by molar-refractivity contribution is -0.255. The molecule has 8 nitrogen and oxygen atoms in total. The van der Waals surface area contributed by atoms with Crippen molar-refractivity contribution in [1.82, 2.24) is 24.2 Å². The molecule has 2 aromatic heterocycles. The Kier molecular flexibility index (Phi) is 7.61. The van der Waals surface area contributed by atoms with E-state index < -0.39 is 5.97 Å². The summed E-state index contributed by atoms with van der Waals surface area (Å²) < 4.78 is 23.9. The summed E-state index contributed by atoms with van der Waals surface area (Å²) >= 11 is 7.36. The van der Waals surface area contributed by atoms with Crippen LogP contribution in [-0.2, 0) is 23.6 Å². The number of ether oxygens (including phenoxy) is 1. The molecule has 2 aliphatic heterocycles. The van der Waals surface area contributed by atoms with Crippen LogP contribution in [0.4, 0.5) is 4.39 Å². The number of imidazole rings is 1. The molecule has 2 fully saturated rings. The highest BCUT2D eigenvalue weighted by Gasteiger charge is 2.26. The minimum absolute atomic E-state index is 0.126. The number of piperidine rings is 1. The molecule has 6 rings (SSSR count). The molecule has 11 heteroatoms.